The summed E-state index contributed by atoms with van der Waals surface area (Å²) < 4.78 is 1.63. The molecular formula is C19H14Cl2N2O3. The highest BCUT2D eigenvalue weighted by molar-refractivity contribution is 6.34. The van der Waals surface area contributed by atoms with Crippen molar-refractivity contribution >= 4 is 40.4 Å². The third-order valence-corrected chi connectivity index (χ3v) is 4.99. The molecule has 0 saturated carbocycles. The van der Waals surface area contributed by atoms with Crippen LogP contribution in [0, 0.1) is 0 Å². The van der Waals surface area contributed by atoms with Gasteiger partial charge in [0.15, 0.2) is 5.60 Å². The summed E-state index contributed by atoms with van der Waals surface area (Å²) in [5, 5.41) is 14.7. The molecule has 1 aliphatic heterocycles. The van der Waals surface area contributed by atoms with Crippen LogP contribution in [0.5, 0.6) is 0 Å². The molecule has 0 saturated heterocycles. The van der Waals surface area contributed by atoms with Crippen LogP contribution in [0.25, 0.3) is 5.52 Å². The van der Waals surface area contributed by atoms with Crippen LogP contribution < -0.4 is 0 Å². The number of oxime groups is 1. The summed E-state index contributed by atoms with van der Waals surface area (Å²) >= 11 is 12.2. The third kappa shape index (κ3) is 2.73. The van der Waals surface area contributed by atoms with Crippen LogP contribution >= 0.6 is 23.2 Å². The molecule has 4 rings (SSSR count). The standard InChI is InChI=1S/C19H14Cl2N2O3/c1-19(11-7-12(20)9-13(21)8-11)10-15(22-26-19)14-4-5-17(18(24)25)23-6-2-3-16(14)23/h2-9H,10H2,1H3,(H,24,25). The first kappa shape index (κ1) is 16.9. The van der Waals surface area contributed by atoms with Gasteiger partial charge in [-0.1, -0.05) is 28.4 Å². The molecule has 26 heavy (non-hydrogen) atoms. The van der Waals surface area contributed by atoms with Crippen LogP contribution in [-0.2, 0) is 10.4 Å². The fourth-order valence-electron chi connectivity index (χ4n) is 3.26. The number of pyridine rings is 1. The molecule has 1 atom stereocenters. The molecule has 0 aliphatic carbocycles. The van der Waals surface area contributed by atoms with Gasteiger partial charge in [-0.15, -0.1) is 0 Å². The van der Waals surface area contributed by atoms with Crippen molar-refractivity contribution in [3.05, 3.63) is 75.5 Å². The summed E-state index contributed by atoms with van der Waals surface area (Å²) in [6.07, 6.45) is 2.23. The number of carbonyl (C=O) groups is 1. The highest BCUT2D eigenvalue weighted by Gasteiger charge is 2.37. The topological polar surface area (TPSA) is 63.3 Å². The minimum atomic E-state index is -0.985. The number of hydrogen-bond acceptors (Lipinski definition) is 3. The van der Waals surface area contributed by atoms with Crippen molar-refractivity contribution < 1.29 is 14.7 Å². The van der Waals surface area contributed by atoms with E-state index in [9.17, 15) is 9.90 Å². The molecular weight excluding hydrogens is 375 g/mol. The van der Waals surface area contributed by atoms with Gasteiger partial charge in [0.2, 0.25) is 0 Å². The van der Waals surface area contributed by atoms with E-state index in [1.165, 1.54) is 0 Å². The lowest BCUT2D eigenvalue weighted by molar-refractivity contribution is -0.00737. The van der Waals surface area contributed by atoms with Crippen LogP contribution in [0.1, 0.15) is 35.0 Å². The Morgan fingerprint density at radius 1 is 1.23 bits per heavy atom. The maximum atomic E-state index is 11.4. The first-order valence-corrected chi connectivity index (χ1v) is 8.68. The molecule has 7 heteroatoms. The van der Waals surface area contributed by atoms with Crippen molar-refractivity contribution in [3.63, 3.8) is 0 Å². The average Bonchev–Trinajstić information content (AvgIpc) is 3.20. The molecule has 3 aromatic rings. The summed E-state index contributed by atoms with van der Waals surface area (Å²) in [5.74, 6) is -0.985. The second kappa shape index (κ2) is 6.04. The number of halogens is 2. The first-order chi connectivity index (χ1) is 12.4. The number of carboxylic acids is 1. The highest BCUT2D eigenvalue weighted by atomic mass is 35.5. The van der Waals surface area contributed by atoms with E-state index in [4.69, 9.17) is 28.0 Å². The fraction of sp³-hybridized carbons (Fsp3) is 0.158. The van der Waals surface area contributed by atoms with E-state index in [1.54, 1.807) is 34.9 Å². The van der Waals surface area contributed by atoms with Crippen LogP contribution in [-0.4, -0.2) is 21.2 Å². The normalized spacial score (nSPS) is 19.4. The van der Waals surface area contributed by atoms with Gasteiger partial charge in [-0.2, -0.15) is 0 Å². The minimum Gasteiger partial charge on any atom is -0.477 e. The molecule has 0 amide bonds. The van der Waals surface area contributed by atoms with Crippen molar-refractivity contribution in [1.29, 1.82) is 0 Å². The average molecular weight is 389 g/mol. The van der Waals surface area contributed by atoms with E-state index in [1.807, 2.05) is 25.1 Å². The molecule has 132 valence electrons. The number of benzene rings is 1. The molecule has 3 heterocycles. The molecule has 0 spiro atoms. The minimum absolute atomic E-state index is 0.192. The van der Waals surface area contributed by atoms with Crippen LogP contribution in [0.15, 0.2) is 53.8 Å². The zero-order chi connectivity index (χ0) is 18.5. The number of aromatic carboxylic acids is 1. The Balaban J connectivity index is 1.73. The Hall–Kier alpha value is -2.50. The van der Waals surface area contributed by atoms with E-state index in [-0.39, 0.29) is 5.69 Å². The quantitative estimate of drug-likeness (QED) is 0.687. The van der Waals surface area contributed by atoms with E-state index in [2.05, 4.69) is 5.16 Å². The Labute approximate surface area is 159 Å². The highest BCUT2D eigenvalue weighted by Crippen LogP contribution is 2.38. The largest absolute Gasteiger partial charge is 0.477 e. The first-order valence-electron chi connectivity index (χ1n) is 7.93. The molecule has 1 unspecified atom stereocenters. The summed E-state index contributed by atoms with van der Waals surface area (Å²) in [7, 11) is 0. The van der Waals surface area contributed by atoms with Crippen molar-refractivity contribution in [2.75, 3.05) is 0 Å². The third-order valence-electron chi connectivity index (χ3n) is 4.56. The van der Waals surface area contributed by atoms with Crippen LogP contribution in [0.4, 0.5) is 0 Å². The van der Waals surface area contributed by atoms with Gasteiger partial charge < -0.3 is 14.3 Å². The fourth-order valence-corrected chi connectivity index (χ4v) is 3.78. The summed E-state index contributed by atoms with van der Waals surface area (Å²) in [6.45, 7) is 1.92. The van der Waals surface area contributed by atoms with Gasteiger partial charge in [-0.05, 0) is 49.4 Å². The molecule has 2 aromatic heterocycles. The lowest BCUT2D eigenvalue weighted by Gasteiger charge is -2.22. The Bertz CT molecular complexity index is 1050. The molecule has 0 bridgehead atoms. The second-order valence-corrected chi connectivity index (χ2v) is 7.27. The monoisotopic (exact) mass is 388 g/mol. The van der Waals surface area contributed by atoms with E-state index < -0.39 is 11.6 Å². The molecule has 1 aliphatic rings. The van der Waals surface area contributed by atoms with Gasteiger partial charge in [0, 0.05) is 33.8 Å². The number of aromatic nitrogens is 1. The zero-order valence-corrected chi connectivity index (χ0v) is 15.3. The van der Waals surface area contributed by atoms with Crippen LogP contribution in [0.2, 0.25) is 10.0 Å². The van der Waals surface area contributed by atoms with Crippen molar-refractivity contribution in [2.45, 2.75) is 18.9 Å². The summed E-state index contributed by atoms with van der Waals surface area (Å²) in [4.78, 5) is 17.1. The van der Waals surface area contributed by atoms with Gasteiger partial charge in [0.25, 0.3) is 0 Å². The van der Waals surface area contributed by atoms with E-state index in [0.29, 0.717) is 16.5 Å². The lowest BCUT2D eigenvalue weighted by Crippen LogP contribution is -2.22. The molecule has 0 radical (unpaired) electrons. The maximum absolute atomic E-state index is 11.4. The Morgan fingerprint density at radius 2 is 1.96 bits per heavy atom. The second-order valence-electron chi connectivity index (χ2n) is 6.40. The van der Waals surface area contributed by atoms with Gasteiger partial charge >= 0.3 is 5.97 Å². The number of rotatable bonds is 3. The van der Waals surface area contributed by atoms with Gasteiger partial charge in [-0.3, -0.25) is 0 Å². The Kier molecular flexibility index (Phi) is 3.93. The number of fused-ring (bicyclic) bond motifs is 1. The predicted octanol–water partition coefficient (Wildman–Crippen LogP) is 4.98. The predicted molar refractivity (Wildman–Crippen MR) is 100 cm³/mol. The summed E-state index contributed by atoms with van der Waals surface area (Å²) in [6, 6.07) is 12.3. The van der Waals surface area contributed by atoms with Crippen LogP contribution in [0.3, 0.4) is 0 Å². The lowest BCUT2D eigenvalue weighted by atomic mass is 9.89. The number of nitrogens with zero attached hydrogens (tertiary/aromatic N) is 2. The molecule has 1 aromatic carbocycles. The van der Waals surface area contributed by atoms with Gasteiger partial charge in [0.05, 0.1) is 11.2 Å². The maximum Gasteiger partial charge on any atom is 0.352 e. The van der Waals surface area contributed by atoms with Gasteiger partial charge in [0.1, 0.15) is 5.69 Å². The number of hydrogen-bond donors (Lipinski definition) is 1. The smallest absolute Gasteiger partial charge is 0.352 e. The van der Waals surface area contributed by atoms with E-state index >= 15 is 0 Å². The zero-order valence-electron chi connectivity index (χ0n) is 13.7. The van der Waals surface area contributed by atoms with Crippen molar-refractivity contribution in [1.82, 2.24) is 4.40 Å². The Morgan fingerprint density at radius 3 is 2.65 bits per heavy atom. The van der Waals surface area contributed by atoms with Crippen molar-refractivity contribution in [2.24, 2.45) is 5.16 Å². The molecule has 0 fully saturated rings. The van der Waals surface area contributed by atoms with Crippen molar-refractivity contribution in [3.8, 4) is 0 Å². The summed E-state index contributed by atoms with van der Waals surface area (Å²) in [5.41, 5.74) is 2.67. The SMILES string of the molecule is CC1(c2cc(Cl)cc(Cl)c2)CC(c2ccc(C(=O)O)n3cccc23)=NO1. The van der Waals surface area contributed by atoms with E-state index in [0.717, 1.165) is 22.4 Å². The number of carboxylic acid groups (broad SMARTS) is 1. The molecule has 1 N–H and O–H groups in total. The van der Waals surface area contributed by atoms with Gasteiger partial charge in [-0.25, -0.2) is 4.79 Å². The molecule has 5 nitrogen and oxygen atoms in total.